The number of likely N-dealkylation sites (N-methyl/N-ethyl adjacent to an activating group) is 1. The van der Waals surface area contributed by atoms with E-state index in [1.54, 1.807) is 0 Å². The molecule has 4 heteroatoms. The normalized spacial score (nSPS) is 37.4. The van der Waals surface area contributed by atoms with Crippen LogP contribution in [0.2, 0.25) is 0 Å². The maximum atomic E-state index is 9.78. The molecule has 2 N–H and O–H groups in total. The van der Waals surface area contributed by atoms with Gasteiger partial charge in [-0.15, -0.1) is 0 Å². The van der Waals surface area contributed by atoms with Gasteiger partial charge in [0.25, 0.3) is 0 Å². The standard InChI is InChI=1S/C15H30N2O2/c1-3-16-15(12-18)8-4-6-13(10-15)17-9-5-7-14(11-17)19-2/h13-14,16,18H,3-12H2,1-2H3. The monoisotopic (exact) mass is 270 g/mol. The fourth-order valence-electron chi connectivity index (χ4n) is 3.87. The number of nitrogens with one attached hydrogen (secondary N) is 1. The van der Waals surface area contributed by atoms with E-state index in [1.165, 1.54) is 32.2 Å². The third kappa shape index (κ3) is 3.69. The molecule has 2 fully saturated rings. The van der Waals surface area contributed by atoms with Crippen molar-refractivity contribution in [2.75, 3.05) is 33.4 Å². The second-order valence-corrected chi connectivity index (χ2v) is 6.21. The van der Waals surface area contributed by atoms with E-state index in [0.717, 1.165) is 25.9 Å². The Bertz CT molecular complexity index is 271. The molecule has 1 saturated carbocycles. The molecular weight excluding hydrogens is 240 g/mol. The van der Waals surface area contributed by atoms with E-state index in [0.29, 0.717) is 12.1 Å². The first-order valence-electron chi connectivity index (χ1n) is 7.86. The van der Waals surface area contributed by atoms with Crippen LogP contribution in [0, 0.1) is 0 Å². The summed E-state index contributed by atoms with van der Waals surface area (Å²) in [5.74, 6) is 0. The van der Waals surface area contributed by atoms with Crippen molar-refractivity contribution in [1.29, 1.82) is 0 Å². The Morgan fingerprint density at radius 3 is 2.89 bits per heavy atom. The highest BCUT2D eigenvalue weighted by Crippen LogP contribution is 2.32. The first-order chi connectivity index (χ1) is 9.23. The topological polar surface area (TPSA) is 44.7 Å². The summed E-state index contributed by atoms with van der Waals surface area (Å²) in [4.78, 5) is 2.60. The Morgan fingerprint density at radius 1 is 1.37 bits per heavy atom. The number of piperidine rings is 1. The molecule has 19 heavy (non-hydrogen) atoms. The lowest BCUT2D eigenvalue weighted by Gasteiger charge is -2.46. The number of ether oxygens (including phenoxy) is 1. The minimum Gasteiger partial charge on any atom is -0.394 e. The number of methoxy groups -OCH3 is 1. The molecule has 0 aromatic carbocycles. The van der Waals surface area contributed by atoms with E-state index in [1.807, 2.05) is 7.11 Å². The average molecular weight is 270 g/mol. The van der Waals surface area contributed by atoms with Crippen molar-refractivity contribution in [2.24, 2.45) is 0 Å². The minimum absolute atomic E-state index is 0.0440. The van der Waals surface area contributed by atoms with Gasteiger partial charge in [0.1, 0.15) is 0 Å². The van der Waals surface area contributed by atoms with Crippen molar-refractivity contribution in [3.05, 3.63) is 0 Å². The third-order valence-corrected chi connectivity index (χ3v) is 4.93. The SMILES string of the molecule is CCNC1(CO)CCCC(N2CCCC(OC)C2)C1. The summed E-state index contributed by atoms with van der Waals surface area (Å²) in [5.41, 5.74) is -0.0440. The van der Waals surface area contributed by atoms with Crippen molar-refractivity contribution >= 4 is 0 Å². The Labute approximate surface area is 117 Å². The molecule has 1 heterocycles. The molecule has 4 nitrogen and oxygen atoms in total. The Morgan fingerprint density at radius 2 is 2.21 bits per heavy atom. The molecule has 0 amide bonds. The van der Waals surface area contributed by atoms with Gasteiger partial charge in [-0.2, -0.15) is 0 Å². The molecule has 3 atom stereocenters. The lowest BCUT2D eigenvalue weighted by molar-refractivity contribution is -0.00875. The average Bonchev–Trinajstić information content (AvgIpc) is 2.48. The summed E-state index contributed by atoms with van der Waals surface area (Å²) in [6.45, 7) is 5.59. The van der Waals surface area contributed by atoms with Crippen LogP contribution >= 0.6 is 0 Å². The van der Waals surface area contributed by atoms with Crippen molar-refractivity contribution < 1.29 is 9.84 Å². The van der Waals surface area contributed by atoms with E-state index in [4.69, 9.17) is 4.74 Å². The van der Waals surface area contributed by atoms with Gasteiger partial charge >= 0.3 is 0 Å². The largest absolute Gasteiger partial charge is 0.394 e. The van der Waals surface area contributed by atoms with Gasteiger partial charge in [0.15, 0.2) is 0 Å². The molecular formula is C15H30N2O2. The second-order valence-electron chi connectivity index (χ2n) is 6.21. The van der Waals surface area contributed by atoms with Gasteiger partial charge < -0.3 is 15.2 Å². The molecule has 1 saturated heterocycles. The van der Waals surface area contributed by atoms with Crippen LogP contribution < -0.4 is 5.32 Å². The summed E-state index contributed by atoms with van der Waals surface area (Å²) < 4.78 is 5.53. The highest BCUT2D eigenvalue weighted by atomic mass is 16.5. The number of hydrogen-bond donors (Lipinski definition) is 2. The van der Waals surface area contributed by atoms with Crippen molar-refractivity contribution in [3.8, 4) is 0 Å². The zero-order valence-electron chi connectivity index (χ0n) is 12.5. The van der Waals surface area contributed by atoms with Gasteiger partial charge in [-0.25, -0.2) is 0 Å². The molecule has 0 bridgehead atoms. The maximum absolute atomic E-state index is 9.78. The number of hydrogen-bond acceptors (Lipinski definition) is 4. The highest BCUT2D eigenvalue weighted by Gasteiger charge is 2.38. The van der Waals surface area contributed by atoms with Crippen LogP contribution in [0.15, 0.2) is 0 Å². The van der Waals surface area contributed by atoms with Crippen LogP contribution in [0.3, 0.4) is 0 Å². The van der Waals surface area contributed by atoms with Crippen molar-refractivity contribution in [3.63, 3.8) is 0 Å². The molecule has 112 valence electrons. The zero-order valence-corrected chi connectivity index (χ0v) is 12.5. The minimum atomic E-state index is -0.0440. The second kappa shape index (κ2) is 7.02. The number of rotatable bonds is 5. The number of aliphatic hydroxyl groups excluding tert-OH is 1. The molecule has 0 aromatic rings. The number of nitrogens with zero attached hydrogens (tertiary/aromatic N) is 1. The summed E-state index contributed by atoms with van der Waals surface area (Å²) in [6, 6.07) is 0.609. The van der Waals surface area contributed by atoms with Gasteiger partial charge in [-0.1, -0.05) is 6.92 Å². The first kappa shape index (κ1) is 15.2. The van der Waals surface area contributed by atoms with Crippen LogP contribution in [-0.4, -0.2) is 61.0 Å². The van der Waals surface area contributed by atoms with E-state index < -0.39 is 0 Å². The van der Waals surface area contributed by atoms with Crippen LogP contribution in [0.25, 0.3) is 0 Å². The Hall–Kier alpha value is -0.160. The highest BCUT2D eigenvalue weighted by molar-refractivity contribution is 4.97. The predicted octanol–water partition coefficient (Wildman–Crippen LogP) is 1.38. The zero-order chi connectivity index (χ0) is 13.7. The molecule has 1 aliphatic carbocycles. The van der Waals surface area contributed by atoms with Crippen LogP contribution in [0.5, 0.6) is 0 Å². The van der Waals surface area contributed by atoms with Gasteiger partial charge in [0.2, 0.25) is 0 Å². The third-order valence-electron chi connectivity index (χ3n) is 4.93. The molecule has 0 aromatic heterocycles. The van der Waals surface area contributed by atoms with Crippen LogP contribution in [-0.2, 0) is 4.74 Å². The molecule has 2 aliphatic rings. The van der Waals surface area contributed by atoms with E-state index >= 15 is 0 Å². The molecule has 1 aliphatic heterocycles. The molecule has 2 rings (SSSR count). The van der Waals surface area contributed by atoms with Crippen LogP contribution in [0.1, 0.15) is 45.4 Å². The lowest BCUT2D eigenvalue weighted by Crippen LogP contribution is -2.57. The van der Waals surface area contributed by atoms with Gasteiger partial charge in [-0.3, -0.25) is 4.90 Å². The molecule has 0 radical (unpaired) electrons. The quantitative estimate of drug-likeness (QED) is 0.792. The summed E-state index contributed by atoms with van der Waals surface area (Å²) in [5, 5.41) is 13.3. The van der Waals surface area contributed by atoms with Gasteiger partial charge in [0.05, 0.1) is 12.7 Å². The summed E-state index contributed by atoms with van der Waals surface area (Å²) in [7, 11) is 1.83. The summed E-state index contributed by atoms with van der Waals surface area (Å²) in [6.07, 6.45) is 7.50. The fraction of sp³-hybridized carbons (Fsp3) is 1.00. The first-order valence-corrected chi connectivity index (χ1v) is 7.86. The van der Waals surface area contributed by atoms with Crippen LogP contribution in [0.4, 0.5) is 0 Å². The fourth-order valence-corrected chi connectivity index (χ4v) is 3.87. The Balaban J connectivity index is 1.96. The summed E-state index contributed by atoms with van der Waals surface area (Å²) >= 11 is 0. The predicted molar refractivity (Wildman–Crippen MR) is 77.4 cm³/mol. The smallest absolute Gasteiger partial charge is 0.0698 e. The lowest BCUT2D eigenvalue weighted by atomic mass is 9.78. The van der Waals surface area contributed by atoms with Gasteiger partial charge in [-0.05, 0) is 51.6 Å². The van der Waals surface area contributed by atoms with E-state index in [-0.39, 0.29) is 12.1 Å². The number of likely N-dealkylation sites (tertiary alicyclic amines) is 1. The van der Waals surface area contributed by atoms with E-state index in [9.17, 15) is 5.11 Å². The maximum Gasteiger partial charge on any atom is 0.0698 e. The Kier molecular flexibility index (Phi) is 5.63. The van der Waals surface area contributed by atoms with E-state index in [2.05, 4.69) is 17.1 Å². The van der Waals surface area contributed by atoms with Crippen molar-refractivity contribution in [1.82, 2.24) is 10.2 Å². The molecule has 3 unspecified atom stereocenters. The number of aliphatic hydroxyl groups is 1. The van der Waals surface area contributed by atoms with Crippen molar-refractivity contribution in [2.45, 2.75) is 63.1 Å². The van der Waals surface area contributed by atoms with Gasteiger partial charge in [0, 0.05) is 25.2 Å². The molecule has 0 spiro atoms.